The van der Waals surface area contributed by atoms with Crippen LogP contribution in [-0.4, -0.2) is 17.4 Å². The Morgan fingerprint density at radius 2 is 2.12 bits per heavy atom. The lowest BCUT2D eigenvalue weighted by Crippen LogP contribution is -2.39. The van der Waals surface area contributed by atoms with Gasteiger partial charge in [0.05, 0.1) is 5.41 Å². The minimum atomic E-state index is -0.528. The van der Waals surface area contributed by atoms with Crippen LogP contribution < -0.4 is 11.1 Å². The molecule has 4 heteroatoms. The normalized spacial score (nSPS) is 14.2. The fourth-order valence-electron chi connectivity index (χ4n) is 1.57. The third-order valence-corrected chi connectivity index (χ3v) is 3.12. The van der Waals surface area contributed by atoms with Gasteiger partial charge in [-0.05, 0) is 44.9 Å². The zero-order chi connectivity index (χ0) is 13.1. The zero-order valence-electron chi connectivity index (χ0n) is 11.0. The molecule has 1 unspecified atom stereocenters. The van der Waals surface area contributed by atoms with Crippen LogP contribution >= 0.6 is 0 Å². The SMILES string of the molecule is CCC(C)(CN)C(=O)Nc1cc(C)cc(C)n1. The van der Waals surface area contributed by atoms with E-state index in [9.17, 15) is 4.79 Å². The van der Waals surface area contributed by atoms with E-state index in [1.54, 1.807) is 0 Å². The van der Waals surface area contributed by atoms with Crippen molar-refractivity contribution in [3.05, 3.63) is 23.4 Å². The van der Waals surface area contributed by atoms with Gasteiger partial charge in [0.15, 0.2) is 0 Å². The molecule has 1 aromatic rings. The van der Waals surface area contributed by atoms with Gasteiger partial charge in [-0.2, -0.15) is 0 Å². The van der Waals surface area contributed by atoms with Crippen LogP contribution in [-0.2, 0) is 4.79 Å². The minimum absolute atomic E-state index is 0.0694. The molecule has 94 valence electrons. The number of anilines is 1. The highest BCUT2D eigenvalue weighted by atomic mass is 16.2. The van der Waals surface area contributed by atoms with Crippen LogP contribution in [0.5, 0.6) is 0 Å². The lowest BCUT2D eigenvalue weighted by atomic mass is 9.87. The maximum Gasteiger partial charge on any atom is 0.232 e. The summed E-state index contributed by atoms with van der Waals surface area (Å²) in [5.74, 6) is 0.528. The lowest BCUT2D eigenvalue weighted by molar-refractivity contribution is -0.124. The molecule has 1 heterocycles. The van der Waals surface area contributed by atoms with Gasteiger partial charge < -0.3 is 11.1 Å². The Morgan fingerprint density at radius 3 is 2.59 bits per heavy atom. The standard InChI is InChI=1S/C13H21N3O/c1-5-13(4,8-14)12(17)16-11-7-9(2)6-10(3)15-11/h6-7H,5,8,14H2,1-4H3,(H,15,16,17). The number of amides is 1. The van der Waals surface area contributed by atoms with E-state index in [1.165, 1.54) is 0 Å². The Bertz CT molecular complexity index is 391. The van der Waals surface area contributed by atoms with Crippen LogP contribution in [0.25, 0.3) is 0 Å². The molecule has 0 aliphatic heterocycles. The second kappa shape index (κ2) is 5.27. The average molecular weight is 235 g/mol. The minimum Gasteiger partial charge on any atom is -0.329 e. The smallest absolute Gasteiger partial charge is 0.232 e. The average Bonchev–Trinajstić information content (AvgIpc) is 2.26. The number of pyridine rings is 1. The van der Waals surface area contributed by atoms with E-state index in [-0.39, 0.29) is 5.91 Å². The number of aryl methyl sites for hydroxylation is 2. The maximum absolute atomic E-state index is 12.1. The second-order valence-corrected chi connectivity index (χ2v) is 4.74. The largest absolute Gasteiger partial charge is 0.329 e. The van der Waals surface area contributed by atoms with Gasteiger partial charge in [0, 0.05) is 12.2 Å². The van der Waals surface area contributed by atoms with E-state index in [2.05, 4.69) is 10.3 Å². The first-order valence-electron chi connectivity index (χ1n) is 5.88. The number of carbonyl (C=O) groups is 1. The number of rotatable bonds is 4. The van der Waals surface area contributed by atoms with Gasteiger partial charge in [0.25, 0.3) is 0 Å². The summed E-state index contributed by atoms with van der Waals surface area (Å²) in [6.45, 7) is 8.05. The van der Waals surface area contributed by atoms with Crippen LogP contribution in [0.2, 0.25) is 0 Å². The predicted octanol–water partition coefficient (Wildman–Crippen LogP) is 2.01. The highest BCUT2D eigenvalue weighted by molar-refractivity contribution is 5.94. The van der Waals surface area contributed by atoms with E-state index < -0.39 is 5.41 Å². The van der Waals surface area contributed by atoms with Crippen molar-refractivity contribution in [3.8, 4) is 0 Å². The van der Waals surface area contributed by atoms with Crippen LogP contribution in [0.3, 0.4) is 0 Å². The van der Waals surface area contributed by atoms with Gasteiger partial charge in [-0.1, -0.05) is 6.92 Å². The number of hydrogen-bond acceptors (Lipinski definition) is 3. The summed E-state index contributed by atoms with van der Waals surface area (Å²) < 4.78 is 0. The molecule has 0 fully saturated rings. The first-order valence-corrected chi connectivity index (χ1v) is 5.88. The van der Waals surface area contributed by atoms with Crippen LogP contribution in [0, 0.1) is 19.3 Å². The van der Waals surface area contributed by atoms with Gasteiger partial charge in [0.2, 0.25) is 5.91 Å². The molecule has 1 atom stereocenters. The fraction of sp³-hybridized carbons (Fsp3) is 0.538. The Kier molecular flexibility index (Phi) is 4.23. The molecule has 0 aromatic carbocycles. The molecular formula is C13H21N3O. The molecule has 0 spiro atoms. The summed E-state index contributed by atoms with van der Waals surface area (Å²) in [4.78, 5) is 16.4. The monoisotopic (exact) mass is 235 g/mol. The molecule has 0 aliphatic carbocycles. The number of nitrogens with one attached hydrogen (secondary N) is 1. The van der Waals surface area contributed by atoms with Crippen molar-refractivity contribution in [2.45, 2.75) is 34.1 Å². The molecule has 3 N–H and O–H groups in total. The highest BCUT2D eigenvalue weighted by Gasteiger charge is 2.29. The predicted molar refractivity (Wildman–Crippen MR) is 69.8 cm³/mol. The quantitative estimate of drug-likeness (QED) is 0.838. The fourth-order valence-corrected chi connectivity index (χ4v) is 1.57. The highest BCUT2D eigenvalue weighted by Crippen LogP contribution is 2.21. The molecule has 0 radical (unpaired) electrons. The van der Waals surface area contributed by atoms with Crippen molar-refractivity contribution in [3.63, 3.8) is 0 Å². The van der Waals surface area contributed by atoms with Crippen molar-refractivity contribution in [2.75, 3.05) is 11.9 Å². The second-order valence-electron chi connectivity index (χ2n) is 4.74. The van der Waals surface area contributed by atoms with Crippen LogP contribution in [0.1, 0.15) is 31.5 Å². The summed E-state index contributed by atoms with van der Waals surface area (Å²) >= 11 is 0. The molecule has 1 rings (SSSR count). The molecule has 0 bridgehead atoms. The van der Waals surface area contributed by atoms with Gasteiger partial charge in [0.1, 0.15) is 5.82 Å². The first kappa shape index (κ1) is 13.6. The number of nitrogens with zero attached hydrogens (tertiary/aromatic N) is 1. The number of hydrogen-bond donors (Lipinski definition) is 2. The van der Waals surface area contributed by atoms with E-state index in [0.29, 0.717) is 18.8 Å². The summed E-state index contributed by atoms with van der Waals surface area (Å²) in [5.41, 5.74) is 7.10. The van der Waals surface area contributed by atoms with E-state index in [4.69, 9.17) is 5.73 Å². The van der Waals surface area contributed by atoms with E-state index >= 15 is 0 Å². The van der Waals surface area contributed by atoms with Gasteiger partial charge in [-0.3, -0.25) is 4.79 Å². The molecule has 0 saturated carbocycles. The lowest BCUT2D eigenvalue weighted by Gasteiger charge is -2.24. The Balaban J connectivity index is 2.87. The molecule has 4 nitrogen and oxygen atoms in total. The Labute approximate surface area is 103 Å². The molecule has 0 aliphatic rings. The van der Waals surface area contributed by atoms with Gasteiger partial charge in [-0.15, -0.1) is 0 Å². The number of carbonyl (C=O) groups excluding carboxylic acids is 1. The van der Waals surface area contributed by atoms with E-state index in [1.807, 2.05) is 39.8 Å². The summed E-state index contributed by atoms with van der Waals surface area (Å²) in [7, 11) is 0. The molecule has 1 amide bonds. The van der Waals surface area contributed by atoms with Crippen LogP contribution in [0.4, 0.5) is 5.82 Å². The van der Waals surface area contributed by atoms with Gasteiger partial charge >= 0.3 is 0 Å². The topological polar surface area (TPSA) is 68.0 Å². The maximum atomic E-state index is 12.1. The molecular weight excluding hydrogens is 214 g/mol. The van der Waals surface area contributed by atoms with Crippen molar-refractivity contribution in [1.29, 1.82) is 0 Å². The van der Waals surface area contributed by atoms with Gasteiger partial charge in [-0.25, -0.2) is 4.98 Å². The summed E-state index contributed by atoms with van der Waals surface area (Å²) in [6.07, 6.45) is 0.708. The molecule has 1 aromatic heterocycles. The van der Waals surface area contributed by atoms with Crippen molar-refractivity contribution in [1.82, 2.24) is 4.98 Å². The van der Waals surface area contributed by atoms with Crippen LogP contribution in [0.15, 0.2) is 12.1 Å². The summed E-state index contributed by atoms with van der Waals surface area (Å²) in [5, 5.41) is 2.84. The summed E-state index contributed by atoms with van der Waals surface area (Å²) in [6, 6.07) is 3.83. The van der Waals surface area contributed by atoms with Crippen molar-refractivity contribution >= 4 is 11.7 Å². The first-order chi connectivity index (χ1) is 7.91. The van der Waals surface area contributed by atoms with Crippen molar-refractivity contribution in [2.24, 2.45) is 11.1 Å². The third-order valence-electron chi connectivity index (χ3n) is 3.12. The molecule has 0 saturated heterocycles. The number of aromatic nitrogens is 1. The van der Waals surface area contributed by atoms with Crippen molar-refractivity contribution < 1.29 is 4.79 Å². The Morgan fingerprint density at radius 1 is 1.47 bits per heavy atom. The zero-order valence-corrected chi connectivity index (χ0v) is 11.0. The molecule has 17 heavy (non-hydrogen) atoms. The number of nitrogens with two attached hydrogens (primary N) is 1. The van der Waals surface area contributed by atoms with E-state index in [0.717, 1.165) is 11.3 Å². The Hall–Kier alpha value is -1.42. The third kappa shape index (κ3) is 3.27.